The van der Waals surface area contributed by atoms with E-state index in [1.54, 1.807) is 20.8 Å². The van der Waals surface area contributed by atoms with Crippen molar-refractivity contribution in [3.05, 3.63) is 30.1 Å². The molecule has 1 saturated heterocycles. The van der Waals surface area contributed by atoms with Crippen LogP contribution in [0, 0.1) is 17.2 Å². The Morgan fingerprint density at radius 3 is 2.26 bits per heavy atom. The van der Waals surface area contributed by atoms with Crippen LogP contribution in [0.2, 0.25) is 0 Å². The van der Waals surface area contributed by atoms with E-state index in [4.69, 9.17) is 4.84 Å². The second-order valence-electron chi connectivity index (χ2n) is 6.59. The van der Waals surface area contributed by atoms with Gasteiger partial charge in [0.1, 0.15) is 5.82 Å². The lowest BCUT2D eigenvalue weighted by atomic mass is 9.97. The van der Waals surface area contributed by atoms with E-state index in [9.17, 15) is 22.0 Å². The third-order valence-corrected chi connectivity index (χ3v) is 5.42. The van der Waals surface area contributed by atoms with Gasteiger partial charge in [-0.15, -0.1) is 5.06 Å². The lowest BCUT2D eigenvalue weighted by Crippen LogP contribution is -2.53. The van der Waals surface area contributed by atoms with E-state index in [-0.39, 0.29) is 18.0 Å². The predicted octanol–water partition coefficient (Wildman–Crippen LogP) is 2.33. The average Bonchev–Trinajstić information content (AvgIpc) is 2.40. The Morgan fingerprint density at radius 1 is 1.26 bits per heavy atom. The van der Waals surface area contributed by atoms with Crippen LogP contribution in [0.5, 0.6) is 0 Å². The molecule has 0 saturated carbocycles. The molecule has 1 heterocycles. The van der Waals surface area contributed by atoms with Crippen molar-refractivity contribution in [2.75, 3.05) is 13.1 Å². The van der Waals surface area contributed by atoms with Crippen LogP contribution in [-0.2, 0) is 19.5 Å². The number of nitrogens with zero attached hydrogens (tertiary/aromatic N) is 1. The molecule has 0 radical (unpaired) electrons. The maximum absolute atomic E-state index is 14.3. The fourth-order valence-corrected chi connectivity index (χ4v) is 3.43. The second-order valence-corrected chi connectivity index (χ2v) is 8.60. The van der Waals surface area contributed by atoms with Crippen LogP contribution in [0.3, 0.4) is 0 Å². The van der Waals surface area contributed by atoms with E-state index >= 15 is 0 Å². The Kier molecular flexibility index (Phi) is 4.77. The number of alkyl halides is 1. The summed E-state index contributed by atoms with van der Waals surface area (Å²) in [6.45, 7) is 5.06. The van der Waals surface area contributed by atoms with Gasteiger partial charge in [-0.1, -0.05) is 0 Å². The van der Waals surface area contributed by atoms with E-state index in [1.165, 1.54) is 5.06 Å². The van der Waals surface area contributed by atoms with Crippen molar-refractivity contribution in [3.8, 4) is 0 Å². The van der Waals surface area contributed by atoms with Crippen LogP contribution in [0.4, 0.5) is 8.78 Å². The molecular weight excluding hydrogens is 328 g/mol. The molecule has 0 aliphatic carbocycles. The summed E-state index contributed by atoms with van der Waals surface area (Å²) in [5.74, 6) is -1.85. The van der Waals surface area contributed by atoms with Crippen molar-refractivity contribution < 1.29 is 26.8 Å². The SMILES string of the molecule is CC(C)(C)C(=O)ON1CC(C(F)S(=O)(=O)c2ccc(F)cc2)C1. The van der Waals surface area contributed by atoms with E-state index in [0.717, 1.165) is 24.3 Å². The number of rotatable bonds is 4. The third kappa shape index (κ3) is 3.87. The zero-order valence-corrected chi connectivity index (χ0v) is 13.9. The fraction of sp³-hybridized carbons (Fsp3) is 0.533. The molecule has 1 aliphatic rings. The molecule has 1 aromatic rings. The Bertz CT molecular complexity index is 676. The molecule has 1 unspecified atom stereocenters. The van der Waals surface area contributed by atoms with E-state index in [0.29, 0.717) is 0 Å². The van der Waals surface area contributed by atoms with Gasteiger partial charge in [-0.3, -0.25) is 0 Å². The minimum absolute atomic E-state index is 0.00338. The molecule has 1 aromatic carbocycles. The molecule has 1 atom stereocenters. The molecule has 1 fully saturated rings. The van der Waals surface area contributed by atoms with Gasteiger partial charge < -0.3 is 4.84 Å². The largest absolute Gasteiger partial charge is 0.367 e. The molecule has 8 heteroatoms. The van der Waals surface area contributed by atoms with Gasteiger partial charge in [0.25, 0.3) is 0 Å². The van der Waals surface area contributed by atoms with Crippen molar-refractivity contribution in [2.45, 2.75) is 31.2 Å². The Morgan fingerprint density at radius 2 is 1.78 bits per heavy atom. The van der Waals surface area contributed by atoms with Gasteiger partial charge in [0.15, 0.2) is 0 Å². The summed E-state index contributed by atoms with van der Waals surface area (Å²) in [4.78, 5) is 16.5. The van der Waals surface area contributed by atoms with E-state index in [2.05, 4.69) is 0 Å². The number of carbonyl (C=O) groups excluding carboxylic acids is 1. The summed E-state index contributed by atoms with van der Waals surface area (Å²) in [6, 6.07) is 4.01. The number of hydroxylamine groups is 2. The topological polar surface area (TPSA) is 63.7 Å². The third-order valence-electron chi connectivity index (χ3n) is 3.51. The lowest BCUT2D eigenvalue weighted by Gasteiger charge is -2.39. The van der Waals surface area contributed by atoms with Gasteiger partial charge in [-0.2, -0.15) is 0 Å². The monoisotopic (exact) mass is 347 g/mol. The summed E-state index contributed by atoms with van der Waals surface area (Å²) < 4.78 is 51.4. The normalized spacial score (nSPS) is 18.3. The van der Waals surface area contributed by atoms with Gasteiger partial charge in [0.05, 0.1) is 10.3 Å². The zero-order chi connectivity index (χ0) is 17.4. The zero-order valence-electron chi connectivity index (χ0n) is 13.1. The number of hydrogen-bond acceptors (Lipinski definition) is 5. The quantitative estimate of drug-likeness (QED) is 0.782. The first-order valence-electron chi connectivity index (χ1n) is 7.12. The highest BCUT2D eigenvalue weighted by Gasteiger charge is 2.44. The van der Waals surface area contributed by atoms with Crippen molar-refractivity contribution >= 4 is 15.8 Å². The highest BCUT2D eigenvalue weighted by molar-refractivity contribution is 7.92. The summed E-state index contributed by atoms with van der Waals surface area (Å²) in [5, 5.41) is 1.24. The summed E-state index contributed by atoms with van der Waals surface area (Å²) >= 11 is 0. The molecule has 0 amide bonds. The fourth-order valence-electron chi connectivity index (χ4n) is 1.97. The first kappa shape index (κ1) is 17.8. The average molecular weight is 347 g/mol. The van der Waals surface area contributed by atoms with Crippen LogP contribution in [0.15, 0.2) is 29.2 Å². The molecule has 0 N–H and O–H groups in total. The minimum Gasteiger partial charge on any atom is -0.367 e. The number of sulfone groups is 1. The molecule has 5 nitrogen and oxygen atoms in total. The molecule has 128 valence electrons. The van der Waals surface area contributed by atoms with Gasteiger partial charge >= 0.3 is 5.97 Å². The van der Waals surface area contributed by atoms with Crippen LogP contribution in [0.25, 0.3) is 0 Å². The molecular formula is C15H19F2NO4S. The van der Waals surface area contributed by atoms with Crippen LogP contribution in [-0.4, -0.2) is 38.0 Å². The van der Waals surface area contributed by atoms with Gasteiger partial charge in [-0.25, -0.2) is 22.0 Å². The van der Waals surface area contributed by atoms with Crippen molar-refractivity contribution in [2.24, 2.45) is 11.3 Å². The van der Waals surface area contributed by atoms with E-state index in [1.807, 2.05) is 0 Å². The summed E-state index contributed by atoms with van der Waals surface area (Å²) in [6.07, 6.45) is 0. The highest BCUT2D eigenvalue weighted by atomic mass is 32.2. The van der Waals surface area contributed by atoms with Crippen molar-refractivity contribution in [3.63, 3.8) is 0 Å². The van der Waals surface area contributed by atoms with Gasteiger partial charge in [0.2, 0.25) is 15.3 Å². The molecule has 23 heavy (non-hydrogen) atoms. The first-order chi connectivity index (χ1) is 10.5. The number of hydrogen-bond donors (Lipinski definition) is 0. The smallest absolute Gasteiger partial charge is 0.330 e. The number of halogens is 2. The van der Waals surface area contributed by atoms with Crippen molar-refractivity contribution in [1.29, 1.82) is 0 Å². The maximum Gasteiger partial charge on any atom is 0.330 e. The van der Waals surface area contributed by atoms with E-state index < -0.39 is 38.5 Å². The molecule has 1 aliphatic heterocycles. The standard InChI is InChI=1S/C15H19F2NO4S/c1-15(2,3)14(19)22-18-8-10(9-18)13(17)23(20,21)12-6-4-11(16)5-7-12/h4-7,10,13H,8-9H2,1-3H3. The van der Waals surface area contributed by atoms with Crippen LogP contribution in [0.1, 0.15) is 20.8 Å². The van der Waals surface area contributed by atoms with Crippen LogP contribution < -0.4 is 0 Å². The minimum atomic E-state index is -4.20. The summed E-state index contributed by atoms with van der Waals surface area (Å²) in [5.41, 5.74) is -2.82. The predicted molar refractivity (Wildman–Crippen MR) is 79.1 cm³/mol. The molecule has 0 aromatic heterocycles. The van der Waals surface area contributed by atoms with Crippen molar-refractivity contribution in [1.82, 2.24) is 5.06 Å². The maximum atomic E-state index is 14.3. The molecule has 0 bridgehead atoms. The number of benzene rings is 1. The summed E-state index contributed by atoms with van der Waals surface area (Å²) in [7, 11) is -4.20. The Balaban J connectivity index is 1.97. The Labute approximate surface area is 134 Å². The van der Waals surface area contributed by atoms with Gasteiger partial charge in [-0.05, 0) is 45.0 Å². The highest BCUT2D eigenvalue weighted by Crippen LogP contribution is 2.30. The van der Waals surface area contributed by atoms with Crippen LogP contribution >= 0.6 is 0 Å². The first-order valence-corrected chi connectivity index (χ1v) is 8.67. The molecule has 2 rings (SSSR count). The van der Waals surface area contributed by atoms with Gasteiger partial charge in [0, 0.05) is 19.0 Å². The second kappa shape index (κ2) is 6.16. The molecule has 0 spiro atoms. The number of carbonyl (C=O) groups is 1. The lowest BCUT2D eigenvalue weighted by molar-refractivity contribution is -0.231. The Hall–Kier alpha value is -1.54.